The van der Waals surface area contributed by atoms with Crippen molar-refractivity contribution in [1.82, 2.24) is 15.2 Å². The maximum atomic E-state index is 13.0. The molecule has 0 spiro atoms. The fraction of sp³-hybridized carbons (Fsp3) is 0.345. The molecule has 2 amide bonds. The molecule has 1 heterocycles. The zero-order chi connectivity index (χ0) is 28.8. The molecule has 4 rings (SSSR count). The summed E-state index contributed by atoms with van der Waals surface area (Å²) >= 11 is 2.01. The zero-order valence-corrected chi connectivity index (χ0v) is 24.4. The summed E-state index contributed by atoms with van der Waals surface area (Å²) in [6, 6.07) is 12.3. The third-order valence-corrected chi connectivity index (χ3v) is 7.67. The number of rotatable bonds is 11. The zero-order valence-electron chi connectivity index (χ0n) is 22.2. The van der Waals surface area contributed by atoms with Crippen LogP contribution in [0, 0.1) is 3.57 Å². The Morgan fingerprint density at radius 2 is 2.02 bits per heavy atom. The van der Waals surface area contributed by atoms with Gasteiger partial charge in [-0.2, -0.15) is 0 Å². The molecule has 0 saturated heterocycles. The highest BCUT2D eigenvalue weighted by Gasteiger charge is 2.40. The van der Waals surface area contributed by atoms with Crippen molar-refractivity contribution in [3.05, 3.63) is 68.9 Å². The van der Waals surface area contributed by atoms with E-state index in [1.807, 2.05) is 52.9 Å². The number of aromatic nitrogens is 1. The van der Waals surface area contributed by atoms with Gasteiger partial charge < -0.3 is 34.9 Å². The molecule has 0 bridgehead atoms. The van der Waals surface area contributed by atoms with Crippen LogP contribution >= 0.6 is 22.6 Å². The van der Waals surface area contributed by atoms with Crippen LogP contribution < -0.4 is 14.8 Å². The number of amides is 2. The molecular formula is C29H32IN3O7. The second-order valence-electron chi connectivity index (χ2n) is 9.51. The van der Waals surface area contributed by atoms with Gasteiger partial charge in [-0.1, -0.05) is 18.2 Å². The summed E-state index contributed by atoms with van der Waals surface area (Å²) in [5.74, 6) is -0.0717. The Kier molecular flexibility index (Phi) is 9.82. The molecule has 2 aromatic carbocycles. The molecule has 212 valence electrons. The number of aromatic amines is 1. The van der Waals surface area contributed by atoms with Crippen LogP contribution in [0.15, 0.2) is 54.1 Å². The van der Waals surface area contributed by atoms with Gasteiger partial charge in [-0.25, -0.2) is 0 Å². The van der Waals surface area contributed by atoms with E-state index in [1.54, 1.807) is 11.0 Å². The van der Waals surface area contributed by atoms with Gasteiger partial charge in [-0.15, -0.1) is 0 Å². The molecule has 4 N–H and O–H groups in total. The van der Waals surface area contributed by atoms with Gasteiger partial charge in [0, 0.05) is 55.2 Å². The van der Waals surface area contributed by atoms with Crippen molar-refractivity contribution in [2.45, 2.75) is 38.0 Å². The van der Waals surface area contributed by atoms with Crippen LogP contribution in [0.2, 0.25) is 0 Å². The first-order valence-corrected chi connectivity index (χ1v) is 13.9. The van der Waals surface area contributed by atoms with Gasteiger partial charge in [-0.3, -0.25) is 14.4 Å². The maximum Gasteiger partial charge on any atom is 0.247 e. The highest BCUT2D eigenvalue weighted by atomic mass is 127. The smallest absolute Gasteiger partial charge is 0.247 e. The van der Waals surface area contributed by atoms with Crippen molar-refractivity contribution in [1.29, 1.82) is 0 Å². The van der Waals surface area contributed by atoms with E-state index in [2.05, 4.69) is 10.3 Å². The highest BCUT2D eigenvalue weighted by molar-refractivity contribution is 14.1. The number of hydrogen-bond acceptors (Lipinski definition) is 7. The first-order valence-electron chi connectivity index (χ1n) is 12.9. The first-order chi connectivity index (χ1) is 19.2. The number of nitrogens with zero attached hydrogens (tertiary/aromatic N) is 1. The molecule has 0 aliphatic heterocycles. The average Bonchev–Trinajstić information content (AvgIpc) is 3.37. The molecule has 3 aromatic rings. The Bertz CT molecular complexity index is 1390. The van der Waals surface area contributed by atoms with Crippen molar-refractivity contribution < 1.29 is 34.1 Å². The fourth-order valence-electron chi connectivity index (χ4n) is 4.90. The lowest BCUT2D eigenvalue weighted by atomic mass is 9.88. The summed E-state index contributed by atoms with van der Waals surface area (Å²) in [4.78, 5) is 42.1. The molecule has 3 atom stereocenters. The number of aliphatic hydroxyl groups excluding tert-OH is 2. The lowest BCUT2D eigenvalue weighted by molar-refractivity contribution is -0.136. The topological polar surface area (TPSA) is 141 Å². The predicted molar refractivity (Wildman–Crippen MR) is 157 cm³/mol. The summed E-state index contributed by atoms with van der Waals surface area (Å²) < 4.78 is 12.2. The predicted octanol–water partition coefficient (Wildman–Crippen LogP) is 2.60. The summed E-state index contributed by atoms with van der Waals surface area (Å²) in [6.45, 7) is 1.57. The minimum absolute atomic E-state index is 0.0601. The number of aliphatic hydroxyl groups is 2. The summed E-state index contributed by atoms with van der Waals surface area (Å²) in [7, 11) is 1.44. The SMILES string of the molecule is COc1cc(C=O)cc(I)c1O[C@H]1C=C(C(=O)NCCO)C[C@@H](N(CCc2cc3ccccc3[nH]2)C(C)=O)[C@@H]1O. The van der Waals surface area contributed by atoms with E-state index in [4.69, 9.17) is 9.47 Å². The molecule has 0 saturated carbocycles. The lowest BCUT2D eigenvalue weighted by Crippen LogP contribution is -2.55. The lowest BCUT2D eigenvalue weighted by Gasteiger charge is -2.40. The van der Waals surface area contributed by atoms with Crippen LogP contribution in [0.25, 0.3) is 10.9 Å². The van der Waals surface area contributed by atoms with Crippen LogP contribution in [0.5, 0.6) is 11.5 Å². The standard InChI is InChI=1S/C29H32IN3O7/c1-17(36)33(9-7-21-13-19-5-3-4-6-23(19)32-21)24-14-20(29(38)31-8-10-34)15-25(27(24)37)40-28-22(30)11-18(16-35)12-26(28)39-2/h3-6,11-13,15-16,24-25,27,32,34,37H,7-10,14H2,1-2H3,(H,31,38)/t24-,25+,27+/m1/s1. The van der Waals surface area contributed by atoms with Crippen molar-refractivity contribution in [3.8, 4) is 11.5 Å². The molecule has 40 heavy (non-hydrogen) atoms. The number of benzene rings is 2. The van der Waals surface area contributed by atoms with Gasteiger partial charge in [-0.05, 0) is 58.3 Å². The van der Waals surface area contributed by atoms with Crippen molar-refractivity contribution in [3.63, 3.8) is 0 Å². The van der Waals surface area contributed by atoms with Crippen molar-refractivity contribution in [2.75, 3.05) is 26.8 Å². The van der Waals surface area contributed by atoms with Gasteiger partial charge in [0.25, 0.3) is 0 Å². The van der Waals surface area contributed by atoms with Crippen LogP contribution in [0.4, 0.5) is 0 Å². The minimum Gasteiger partial charge on any atom is -0.493 e. The van der Waals surface area contributed by atoms with E-state index in [-0.39, 0.29) is 25.5 Å². The summed E-state index contributed by atoms with van der Waals surface area (Å²) in [6.07, 6.45) is 0.662. The van der Waals surface area contributed by atoms with E-state index in [9.17, 15) is 24.6 Å². The number of methoxy groups -OCH3 is 1. The van der Waals surface area contributed by atoms with Crippen molar-refractivity contribution >= 4 is 51.6 Å². The molecule has 1 aromatic heterocycles. The summed E-state index contributed by atoms with van der Waals surface area (Å²) in [5.41, 5.74) is 2.66. The number of fused-ring (bicyclic) bond motifs is 1. The van der Waals surface area contributed by atoms with Gasteiger partial charge in [0.15, 0.2) is 11.5 Å². The number of H-pyrrole nitrogens is 1. The number of aldehydes is 1. The number of nitrogens with one attached hydrogen (secondary N) is 2. The normalized spacial score (nSPS) is 18.6. The largest absolute Gasteiger partial charge is 0.493 e. The molecule has 11 heteroatoms. The minimum atomic E-state index is -1.17. The second kappa shape index (κ2) is 13.3. The van der Waals surface area contributed by atoms with Gasteiger partial charge in [0.1, 0.15) is 18.5 Å². The Morgan fingerprint density at radius 1 is 1.25 bits per heavy atom. The second-order valence-corrected chi connectivity index (χ2v) is 10.7. The average molecular weight is 661 g/mol. The number of halogens is 1. The van der Waals surface area contributed by atoms with Gasteiger partial charge in [0.2, 0.25) is 11.8 Å². The van der Waals surface area contributed by atoms with Gasteiger partial charge in [0.05, 0.1) is 23.3 Å². The molecule has 10 nitrogen and oxygen atoms in total. The number of carbonyl (C=O) groups excluding carboxylic acids is 3. The van der Waals surface area contributed by atoms with Crippen LogP contribution in [0.3, 0.4) is 0 Å². The maximum absolute atomic E-state index is 13.0. The Morgan fingerprint density at radius 3 is 2.70 bits per heavy atom. The van der Waals surface area contributed by atoms with E-state index in [0.717, 1.165) is 16.6 Å². The molecule has 1 aliphatic carbocycles. The van der Waals surface area contributed by atoms with E-state index < -0.39 is 24.2 Å². The van der Waals surface area contributed by atoms with Crippen molar-refractivity contribution in [2.24, 2.45) is 0 Å². The van der Waals surface area contributed by atoms with Crippen LogP contribution in [0.1, 0.15) is 29.4 Å². The highest BCUT2D eigenvalue weighted by Crippen LogP contribution is 2.37. The molecule has 0 unspecified atom stereocenters. The number of para-hydroxylation sites is 1. The van der Waals surface area contributed by atoms with E-state index in [0.29, 0.717) is 45.5 Å². The van der Waals surface area contributed by atoms with E-state index >= 15 is 0 Å². The van der Waals surface area contributed by atoms with Crippen LogP contribution in [-0.2, 0) is 16.0 Å². The van der Waals surface area contributed by atoms with Gasteiger partial charge >= 0.3 is 0 Å². The Hall–Kier alpha value is -3.42. The van der Waals surface area contributed by atoms with Crippen LogP contribution in [-0.4, -0.2) is 83.3 Å². The molecular weight excluding hydrogens is 629 g/mol. The Labute approximate surface area is 245 Å². The molecule has 0 fully saturated rings. The fourth-order valence-corrected chi connectivity index (χ4v) is 5.66. The number of carbonyl (C=O) groups is 3. The first kappa shape index (κ1) is 29.6. The Balaban J connectivity index is 1.63. The number of ether oxygens (including phenoxy) is 2. The molecule has 1 aliphatic rings. The third-order valence-electron chi connectivity index (χ3n) is 6.87. The summed E-state index contributed by atoms with van der Waals surface area (Å²) in [5, 5.41) is 24.4. The quantitative estimate of drug-likeness (QED) is 0.183. The van der Waals surface area contributed by atoms with E-state index in [1.165, 1.54) is 26.2 Å². The monoisotopic (exact) mass is 661 g/mol. The number of hydrogen-bond donors (Lipinski definition) is 4. The molecule has 0 radical (unpaired) electrons. The third kappa shape index (κ3) is 6.65.